The van der Waals surface area contributed by atoms with Gasteiger partial charge in [0.25, 0.3) is 0 Å². The number of fused-ring (bicyclic) bond motifs is 16. The molecule has 40 heavy (non-hydrogen) atoms. The van der Waals surface area contributed by atoms with Gasteiger partial charge in [0.1, 0.15) is 71.8 Å². The van der Waals surface area contributed by atoms with Crippen LogP contribution in [-0.4, -0.2) is 59.1 Å². The Bertz CT molecular complexity index is 1410. The Balaban J connectivity index is 1.08. The van der Waals surface area contributed by atoms with Gasteiger partial charge in [-0.1, -0.05) is 12.1 Å². The molecule has 4 bridgehead atoms. The quantitative estimate of drug-likeness (QED) is 0.355. The molecule has 3 aromatic carbocycles. The van der Waals surface area contributed by atoms with Crippen LogP contribution in [0.5, 0.6) is 23.0 Å². The van der Waals surface area contributed by atoms with E-state index in [2.05, 4.69) is 13.8 Å². The number of phenolic OH excluding ortho intramolecular Hbond substituents is 4. The molecule has 12 heteroatoms. The van der Waals surface area contributed by atoms with Gasteiger partial charge in [0.05, 0.1) is 10.9 Å². The molecule has 4 N–H and O–H groups in total. The van der Waals surface area contributed by atoms with Crippen LogP contribution < -0.4 is 10.9 Å². The van der Waals surface area contributed by atoms with Crippen LogP contribution in [-0.2, 0) is 28.1 Å². The average Bonchev–Trinajstić information content (AvgIpc) is 3.73. The highest BCUT2D eigenvalue weighted by Crippen LogP contribution is 2.64. The average molecular weight is 542 g/mol. The smallest absolute Gasteiger partial charge is 0.502 e. The van der Waals surface area contributed by atoms with Gasteiger partial charge in [0.15, 0.2) is 0 Å². The van der Waals surface area contributed by atoms with Crippen LogP contribution in [0.4, 0.5) is 0 Å². The maximum absolute atomic E-state index is 10.4. The van der Waals surface area contributed by atoms with Crippen LogP contribution in [0.25, 0.3) is 0 Å². The highest BCUT2D eigenvalue weighted by molar-refractivity contribution is 6.64. The first-order valence-corrected chi connectivity index (χ1v) is 13.4. The zero-order valence-corrected chi connectivity index (χ0v) is 21.5. The Morgan fingerprint density at radius 1 is 0.500 bits per heavy atom. The van der Waals surface area contributed by atoms with E-state index in [0.29, 0.717) is 0 Å². The molecule has 0 unspecified atom stereocenters. The zero-order valence-electron chi connectivity index (χ0n) is 21.5. The lowest BCUT2D eigenvalue weighted by Gasteiger charge is -2.31. The lowest BCUT2D eigenvalue weighted by atomic mass is 9.74. The molecule has 6 aliphatic heterocycles. The van der Waals surface area contributed by atoms with Gasteiger partial charge in [-0.15, -0.1) is 0 Å². The first kappa shape index (κ1) is 23.5. The molecular formula is C28H24B2O10. The maximum atomic E-state index is 10.4. The summed E-state index contributed by atoms with van der Waals surface area (Å²) in [6.45, 7) is 4.14. The summed E-state index contributed by atoms with van der Waals surface area (Å²) in [5.41, 5.74) is 6.81. The third kappa shape index (κ3) is 2.71. The Morgan fingerprint density at radius 3 is 1.05 bits per heavy atom. The van der Waals surface area contributed by atoms with E-state index in [-0.39, 0.29) is 58.3 Å². The topological polar surface area (TPSA) is 136 Å². The number of phenols is 4. The number of rotatable bonds is 2. The Labute approximate surface area is 229 Å². The van der Waals surface area contributed by atoms with E-state index in [4.69, 9.17) is 28.1 Å². The highest BCUT2D eigenvalue weighted by atomic mass is 16.7. The Morgan fingerprint density at radius 2 is 0.775 bits per heavy atom. The summed E-state index contributed by atoms with van der Waals surface area (Å²) < 4.78 is 38.0. The fourth-order valence-corrected chi connectivity index (χ4v) is 7.88. The predicted octanol–water partition coefficient (Wildman–Crippen LogP) is 1.74. The van der Waals surface area contributed by atoms with Crippen molar-refractivity contribution in [3.05, 3.63) is 69.8 Å². The zero-order chi connectivity index (χ0) is 27.2. The van der Waals surface area contributed by atoms with Crippen molar-refractivity contribution in [2.75, 3.05) is 0 Å². The molecule has 4 fully saturated rings. The molecule has 0 aromatic heterocycles. The van der Waals surface area contributed by atoms with E-state index in [1.165, 1.54) is 24.3 Å². The lowest BCUT2D eigenvalue weighted by molar-refractivity contribution is 0.0169. The van der Waals surface area contributed by atoms with Gasteiger partial charge in [-0.3, -0.25) is 0 Å². The fourth-order valence-electron chi connectivity index (χ4n) is 7.88. The van der Waals surface area contributed by atoms with Crippen molar-refractivity contribution < 1.29 is 48.5 Å². The number of benzene rings is 3. The van der Waals surface area contributed by atoms with Crippen LogP contribution >= 0.6 is 0 Å². The van der Waals surface area contributed by atoms with E-state index in [1.54, 1.807) is 12.1 Å². The van der Waals surface area contributed by atoms with Crippen LogP contribution in [0.1, 0.15) is 57.8 Å². The first-order valence-electron chi connectivity index (χ1n) is 13.4. The molecule has 10 nitrogen and oxygen atoms in total. The lowest BCUT2D eigenvalue weighted by Crippen LogP contribution is -2.34. The molecule has 6 heterocycles. The van der Waals surface area contributed by atoms with Gasteiger partial charge in [0.2, 0.25) is 0 Å². The predicted molar refractivity (Wildman–Crippen MR) is 139 cm³/mol. The molecule has 8 atom stereocenters. The van der Waals surface area contributed by atoms with Crippen molar-refractivity contribution in [1.82, 2.24) is 0 Å². The minimum atomic E-state index is -0.907. The normalized spacial score (nSPS) is 34.0. The Kier molecular flexibility index (Phi) is 4.53. The molecular weight excluding hydrogens is 518 g/mol. The molecule has 0 aliphatic carbocycles. The van der Waals surface area contributed by atoms with Gasteiger partial charge in [-0.25, -0.2) is 0 Å². The van der Waals surface area contributed by atoms with Crippen molar-refractivity contribution in [3.63, 3.8) is 0 Å². The largest absolute Gasteiger partial charge is 0.508 e. The monoisotopic (exact) mass is 542 g/mol. The maximum Gasteiger partial charge on any atom is 0.502 e. The van der Waals surface area contributed by atoms with Crippen molar-refractivity contribution >= 4 is 25.2 Å². The number of hydrogen-bond donors (Lipinski definition) is 4. The van der Waals surface area contributed by atoms with E-state index < -0.39 is 38.7 Å². The molecule has 0 amide bonds. The van der Waals surface area contributed by atoms with Crippen LogP contribution in [0.15, 0.2) is 36.4 Å². The second kappa shape index (κ2) is 7.73. The number of hydrogen-bond acceptors (Lipinski definition) is 10. The fraction of sp³-hybridized carbons (Fsp3) is 0.357. The van der Waals surface area contributed by atoms with Gasteiger partial charge in [-0.05, 0) is 71.5 Å². The first-order chi connectivity index (χ1) is 19.3. The Hall–Kier alpha value is -3.25. The van der Waals surface area contributed by atoms with Gasteiger partial charge < -0.3 is 48.5 Å². The molecule has 6 aliphatic rings. The summed E-state index contributed by atoms with van der Waals surface area (Å²) in [6, 6.07) is 9.11. The molecule has 0 saturated carbocycles. The van der Waals surface area contributed by atoms with Gasteiger partial charge in [0, 0.05) is 0 Å². The standard InChI is InChI=1S/C28H24B2O10/c1-9-15-17(23-27-25(21(15)35-23)37-29(39-27)19-11(31)5-3-6-12(19)32)10(2)18-16(9)22-26-28(24(18)36-22)40-30(38-26)20-13(33)7-4-8-14(20)34/h3-8,21-28,31-34H,1-2H3/t21-,22+,23+,24-,25-,26+,27+,28-. The molecule has 9 rings (SSSR count). The number of aromatic hydroxyl groups is 4. The van der Waals surface area contributed by atoms with Gasteiger partial charge in [-0.2, -0.15) is 0 Å². The van der Waals surface area contributed by atoms with Crippen molar-refractivity contribution in [2.24, 2.45) is 0 Å². The summed E-state index contributed by atoms with van der Waals surface area (Å²) in [5.74, 6) is -0.341. The molecule has 0 spiro atoms. The molecule has 4 saturated heterocycles. The van der Waals surface area contributed by atoms with Crippen molar-refractivity contribution in [3.8, 4) is 23.0 Å². The van der Waals surface area contributed by atoms with E-state index in [1.807, 2.05) is 0 Å². The molecule has 3 aromatic rings. The van der Waals surface area contributed by atoms with E-state index >= 15 is 0 Å². The highest BCUT2D eigenvalue weighted by Gasteiger charge is 2.65. The second-order valence-electron chi connectivity index (χ2n) is 11.3. The summed E-state index contributed by atoms with van der Waals surface area (Å²) in [5, 5.41) is 41.5. The second-order valence-corrected chi connectivity index (χ2v) is 11.3. The minimum absolute atomic E-state index is 0.0854. The number of ether oxygens (including phenoxy) is 2. The summed E-state index contributed by atoms with van der Waals surface area (Å²) >= 11 is 0. The molecule has 202 valence electrons. The summed E-state index contributed by atoms with van der Waals surface area (Å²) in [6.07, 6.45) is -3.06. The van der Waals surface area contributed by atoms with Crippen LogP contribution in [0.2, 0.25) is 0 Å². The van der Waals surface area contributed by atoms with E-state index in [9.17, 15) is 20.4 Å². The third-order valence-electron chi connectivity index (χ3n) is 9.48. The van der Waals surface area contributed by atoms with Crippen molar-refractivity contribution in [2.45, 2.75) is 62.7 Å². The van der Waals surface area contributed by atoms with Gasteiger partial charge >= 0.3 is 14.2 Å². The SMILES string of the molecule is Cc1c2c(c(C)c3c1[C@@H]1O[C@H]3[C@H]3OB(c4c(O)cccc4O)O[C@H]31)[C@@H]1O[C@H]2[C@H]2OB(c3c(O)cccc3O)O[C@H]21. The minimum Gasteiger partial charge on any atom is -0.508 e. The summed E-state index contributed by atoms with van der Waals surface area (Å²) in [7, 11) is -1.81. The molecule has 0 radical (unpaired) electrons. The van der Waals surface area contributed by atoms with Crippen molar-refractivity contribution in [1.29, 1.82) is 0 Å². The third-order valence-corrected chi connectivity index (χ3v) is 9.48. The van der Waals surface area contributed by atoms with Crippen LogP contribution in [0, 0.1) is 13.8 Å². The summed E-state index contributed by atoms with van der Waals surface area (Å²) in [4.78, 5) is 0. The van der Waals surface area contributed by atoms with Crippen LogP contribution in [0.3, 0.4) is 0 Å². The van der Waals surface area contributed by atoms with E-state index in [0.717, 1.165) is 33.4 Å².